The quantitative estimate of drug-likeness (QED) is 0.809. The summed E-state index contributed by atoms with van der Waals surface area (Å²) in [4.78, 5) is 12.1. The molecule has 0 radical (unpaired) electrons. The van der Waals surface area contributed by atoms with Gasteiger partial charge in [0, 0.05) is 15.7 Å². The zero-order valence-corrected chi connectivity index (χ0v) is 15.5. The maximum Gasteiger partial charge on any atom is 0.262 e. The highest BCUT2D eigenvalue weighted by atomic mass is 79.9. The van der Waals surface area contributed by atoms with E-state index in [4.69, 9.17) is 4.74 Å². The van der Waals surface area contributed by atoms with Crippen LogP contribution in [0.25, 0.3) is 0 Å². The van der Waals surface area contributed by atoms with E-state index in [1.165, 1.54) is 0 Å². The molecule has 4 heteroatoms. The van der Waals surface area contributed by atoms with Gasteiger partial charge in [0.1, 0.15) is 5.75 Å². The molecule has 2 rings (SSSR count). The Labute approximate surface area is 146 Å². The summed E-state index contributed by atoms with van der Waals surface area (Å²) in [6.45, 7) is 8.31. The summed E-state index contributed by atoms with van der Waals surface area (Å²) >= 11 is 3.49. The third-order valence-electron chi connectivity index (χ3n) is 3.53. The third kappa shape index (κ3) is 4.83. The first-order valence-corrected chi connectivity index (χ1v) is 8.35. The van der Waals surface area contributed by atoms with E-state index >= 15 is 0 Å². The van der Waals surface area contributed by atoms with Gasteiger partial charge in [-0.1, -0.05) is 54.9 Å². The first-order chi connectivity index (χ1) is 10.8. The second kappa shape index (κ2) is 7.18. The molecule has 0 atom stereocenters. The van der Waals surface area contributed by atoms with E-state index in [1.54, 1.807) is 0 Å². The van der Waals surface area contributed by atoms with Gasteiger partial charge in [-0.3, -0.25) is 4.79 Å². The Hall–Kier alpha value is -1.81. The summed E-state index contributed by atoms with van der Waals surface area (Å²) in [5, 5.41) is 2.88. The molecule has 0 aromatic heterocycles. The average Bonchev–Trinajstić information content (AvgIpc) is 2.47. The minimum atomic E-state index is -0.165. The number of aryl methyl sites for hydroxylation is 1. The Balaban J connectivity index is 2.06. The number of hydrogen-bond acceptors (Lipinski definition) is 2. The predicted octanol–water partition coefficient (Wildman–Crippen LogP) is 5.07. The second-order valence-electron chi connectivity index (χ2n) is 6.54. The average molecular weight is 376 g/mol. The number of carbonyl (C=O) groups is 1. The summed E-state index contributed by atoms with van der Waals surface area (Å²) in [6.07, 6.45) is 0. The highest BCUT2D eigenvalue weighted by Gasteiger charge is 2.20. The van der Waals surface area contributed by atoms with Crippen LogP contribution in [0.2, 0.25) is 0 Å². The summed E-state index contributed by atoms with van der Waals surface area (Å²) < 4.78 is 6.76. The van der Waals surface area contributed by atoms with E-state index < -0.39 is 0 Å². The van der Waals surface area contributed by atoms with Gasteiger partial charge < -0.3 is 10.1 Å². The summed E-state index contributed by atoms with van der Waals surface area (Å²) in [7, 11) is 0. The number of rotatable bonds is 4. The molecule has 1 N–H and O–H groups in total. The molecule has 0 saturated carbocycles. The van der Waals surface area contributed by atoms with E-state index in [2.05, 4.69) is 42.0 Å². The van der Waals surface area contributed by atoms with Crippen LogP contribution in [0, 0.1) is 6.92 Å². The minimum Gasteiger partial charge on any atom is -0.483 e. The summed E-state index contributed by atoms with van der Waals surface area (Å²) in [5.41, 5.74) is 2.84. The lowest BCUT2D eigenvalue weighted by atomic mass is 9.86. The monoisotopic (exact) mass is 375 g/mol. The number of carbonyl (C=O) groups excluding carboxylic acids is 1. The number of hydrogen-bond donors (Lipinski definition) is 1. The molecule has 2 aromatic rings. The molecule has 0 unspecified atom stereocenters. The van der Waals surface area contributed by atoms with Gasteiger partial charge in [0.25, 0.3) is 5.91 Å². The van der Waals surface area contributed by atoms with Gasteiger partial charge in [-0.25, -0.2) is 0 Å². The Bertz CT molecular complexity index is 705. The summed E-state index contributed by atoms with van der Waals surface area (Å²) in [6, 6.07) is 13.5. The molecule has 0 bridgehead atoms. The number of nitrogens with one attached hydrogen (secondary N) is 1. The molecule has 122 valence electrons. The third-order valence-corrected chi connectivity index (χ3v) is 4.02. The minimum absolute atomic E-state index is 0.0148. The Kier molecular flexibility index (Phi) is 5.47. The lowest BCUT2D eigenvalue weighted by molar-refractivity contribution is -0.118. The largest absolute Gasteiger partial charge is 0.483 e. The van der Waals surface area contributed by atoms with Crippen LogP contribution in [0.15, 0.2) is 46.9 Å². The number of amides is 1. The number of halogens is 1. The molecule has 0 aliphatic carbocycles. The first kappa shape index (κ1) is 17.5. The van der Waals surface area contributed by atoms with Crippen LogP contribution in [0.1, 0.15) is 31.9 Å². The van der Waals surface area contributed by atoms with Gasteiger partial charge in [0.15, 0.2) is 6.61 Å². The van der Waals surface area contributed by atoms with Crippen LogP contribution in [0.4, 0.5) is 5.69 Å². The van der Waals surface area contributed by atoms with Crippen molar-refractivity contribution in [3.63, 3.8) is 0 Å². The van der Waals surface area contributed by atoms with Crippen LogP contribution >= 0.6 is 15.9 Å². The zero-order chi connectivity index (χ0) is 17.0. The molecule has 0 spiro atoms. The van der Waals surface area contributed by atoms with E-state index in [1.807, 2.05) is 49.4 Å². The van der Waals surface area contributed by atoms with Crippen molar-refractivity contribution < 1.29 is 9.53 Å². The van der Waals surface area contributed by atoms with Crippen molar-refractivity contribution in [3.8, 4) is 5.75 Å². The maximum absolute atomic E-state index is 12.1. The Morgan fingerprint density at radius 3 is 2.52 bits per heavy atom. The normalized spacial score (nSPS) is 11.2. The van der Waals surface area contributed by atoms with Crippen molar-refractivity contribution >= 4 is 27.5 Å². The molecule has 0 aliphatic rings. The topological polar surface area (TPSA) is 38.3 Å². The standard InChI is InChI=1S/C19H22BrNO2/c1-13-7-5-6-8-16(13)21-18(22)12-23-17-10-9-14(20)11-15(17)19(2,3)4/h5-11H,12H2,1-4H3,(H,21,22). The lowest BCUT2D eigenvalue weighted by Gasteiger charge is -2.23. The Morgan fingerprint density at radius 1 is 1.17 bits per heavy atom. The number of para-hydroxylation sites is 1. The molecule has 0 saturated heterocycles. The van der Waals surface area contributed by atoms with Crippen molar-refractivity contribution in [2.24, 2.45) is 0 Å². The molecule has 0 heterocycles. The van der Waals surface area contributed by atoms with Gasteiger partial charge in [0.05, 0.1) is 0 Å². The van der Waals surface area contributed by atoms with Crippen molar-refractivity contribution in [1.29, 1.82) is 0 Å². The first-order valence-electron chi connectivity index (χ1n) is 7.55. The van der Waals surface area contributed by atoms with E-state index in [-0.39, 0.29) is 17.9 Å². The fourth-order valence-corrected chi connectivity index (χ4v) is 2.62. The van der Waals surface area contributed by atoms with Crippen LogP contribution in [-0.2, 0) is 10.2 Å². The number of anilines is 1. The molecular formula is C19H22BrNO2. The van der Waals surface area contributed by atoms with Crippen molar-refractivity contribution in [2.45, 2.75) is 33.1 Å². The fourth-order valence-electron chi connectivity index (χ4n) is 2.26. The number of benzene rings is 2. The van der Waals surface area contributed by atoms with Crippen LogP contribution in [-0.4, -0.2) is 12.5 Å². The molecule has 0 fully saturated rings. The SMILES string of the molecule is Cc1ccccc1NC(=O)COc1ccc(Br)cc1C(C)(C)C. The lowest BCUT2D eigenvalue weighted by Crippen LogP contribution is -2.22. The Morgan fingerprint density at radius 2 is 1.87 bits per heavy atom. The fraction of sp³-hybridized carbons (Fsp3) is 0.316. The molecule has 23 heavy (non-hydrogen) atoms. The van der Waals surface area contributed by atoms with Crippen molar-refractivity contribution in [2.75, 3.05) is 11.9 Å². The van der Waals surface area contributed by atoms with Gasteiger partial charge in [-0.15, -0.1) is 0 Å². The van der Waals surface area contributed by atoms with Crippen molar-refractivity contribution in [3.05, 3.63) is 58.1 Å². The predicted molar refractivity (Wildman–Crippen MR) is 98.1 cm³/mol. The van der Waals surface area contributed by atoms with E-state index in [9.17, 15) is 4.79 Å². The number of ether oxygens (including phenoxy) is 1. The highest BCUT2D eigenvalue weighted by Crippen LogP contribution is 2.33. The molecule has 1 amide bonds. The van der Waals surface area contributed by atoms with Crippen LogP contribution in [0.5, 0.6) is 5.75 Å². The maximum atomic E-state index is 12.1. The smallest absolute Gasteiger partial charge is 0.262 e. The molecular weight excluding hydrogens is 354 g/mol. The van der Waals surface area contributed by atoms with Gasteiger partial charge in [0.2, 0.25) is 0 Å². The van der Waals surface area contributed by atoms with Crippen LogP contribution in [0.3, 0.4) is 0 Å². The van der Waals surface area contributed by atoms with E-state index in [0.717, 1.165) is 27.0 Å². The second-order valence-corrected chi connectivity index (χ2v) is 7.46. The van der Waals surface area contributed by atoms with Crippen molar-refractivity contribution in [1.82, 2.24) is 0 Å². The van der Waals surface area contributed by atoms with Gasteiger partial charge >= 0.3 is 0 Å². The molecule has 3 nitrogen and oxygen atoms in total. The van der Waals surface area contributed by atoms with Crippen LogP contribution < -0.4 is 10.1 Å². The van der Waals surface area contributed by atoms with Gasteiger partial charge in [-0.2, -0.15) is 0 Å². The molecule has 0 aliphatic heterocycles. The zero-order valence-electron chi connectivity index (χ0n) is 13.9. The highest BCUT2D eigenvalue weighted by molar-refractivity contribution is 9.10. The van der Waals surface area contributed by atoms with Gasteiger partial charge in [-0.05, 0) is 42.2 Å². The molecule has 2 aromatic carbocycles. The van der Waals surface area contributed by atoms with E-state index in [0.29, 0.717) is 0 Å². The summed E-state index contributed by atoms with van der Waals surface area (Å²) in [5.74, 6) is 0.572.